The fourth-order valence-electron chi connectivity index (χ4n) is 5.13. The molecule has 1 aliphatic heterocycles. The van der Waals surface area contributed by atoms with Crippen LogP contribution < -0.4 is 9.46 Å². The first-order chi connectivity index (χ1) is 20.7. The molecule has 11 nitrogen and oxygen atoms in total. The Kier molecular flexibility index (Phi) is 10.1. The molecule has 1 aromatic heterocycles. The molecule has 0 saturated carbocycles. The quantitative estimate of drug-likeness (QED) is 0.376. The number of aryl methyl sites for hydroxylation is 2. The van der Waals surface area contributed by atoms with E-state index in [1.807, 2.05) is 32.0 Å². The van der Waals surface area contributed by atoms with E-state index in [1.165, 1.54) is 23.1 Å². The lowest BCUT2D eigenvalue weighted by Gasteiger charge is -2.34. The van der Waals surface area contributed by atoms with E-state index in [0.717, 1.165) is 16.7 Å². The molecule has 1 atom stereocenters. The van der Waals surface area contributed by atoms with E-state index in [2.05, 4.69) is 28.5 Å². The van der Waals surface area contributed by atoms with E-state index in [9.17, 15) is 18.0 Å². The van der Waals surface area contributed by atoms with Gasteiger partial charge in [-0.1, -0.05) is 38.1 Å². The van der Waals surface area contributed by atoms with E-state index in [4.69, 9.17) is 9.47 Å². The third kappa shape index (κ3) is 7.85. The molecule has 2 heterocycles. The van der Waals surface area contributed by atoms with Gasteiger partial charge in [0.15, 0.2) is 0 Å². The Balaban J connectivity index is 1.82. The Morgan fingerprint density at radius 1 is 1.09 bits per heavy atom. The molecule has 44 heavy (non-hydrogen) atoms. The number of fused-ring (bicyclic) bond motifs is 4. The molecule has 3 aromatic rings. The average molecular weight is 624 g/mol. The van der Waals surface area contributed by atoms with Crippen molar-refractivity contribution >= 4 is 28.0 Å². The number of rotatable bonds is 7. The summed E-state index contributed by atoms with van der Waals surface area (Å²) in [5.74, 6) is -0.160. The molecule has 0 spiro atoms. The minimum Gasteiger partial charge on any atom is -0.475 e. The van der Waals surface area contributed by atoms with Crippen molar-refractivity contribution in [3.8, 4) is 17.1 Å². The predicted octanol–water partition coefficient (Wildman–Crippen LogP) is 5.29. The highest BCUT2D eigenvalue weighted by molar-refractivity contribution is 7.92. The molecule has 1 aliphatic rings. The number of sulfonamides is 1. The third-order valence-electron chi connectivity index (χ3n) is 7.25. The maximum Gasteiger partial charge on any atom is 0.409 e. The average Bonchev–Trinajstić information content (AvgIpc) is 2.94. The molecule has 12 heteroatoms. The number of amides is 2. The van der Waals surface area contributed by atoms with Gasteiger partial charge in [-0.05, 0) is 69.4 Å². The molecule has 0 saturated heterocycles. The lowest BCUT2D eigenvalue weighted by Crippen LogP contribution is -2.48. The van der Waals surface area contributed by atoms with Crippen LogP contribution in [0.5, 0.6) is 5.88 Å². The van der Waals surface area contributed by atoms with Crippen molar-refractivity contribution in [3.05, 3.63) is 65.2 Å². The molecule has 4 bridgehead atoms. The van der Waals surface area contributed by atoms with Gasteiger partial charge in [0.25, 0.3) is 15.9 Å². The van der Waals surface area contributed by atoms with E-state index >= 15 is 0 Å². The highest BCUT2D eigenvalue weighted by atomic mass is 32.2. The van der Waals surface area contributed by atoms with Gasteiger partial charge in [0, 0.05) is 37.3 Å². The molecular weight excluding hydrogens is 582 g/mol. The number of nitrogens with one attached hydrogen (secondary N) is 1. The van der Waals surface area contributed by atoms with Crippen LogP contribution in [0.2, 0.25) is 0 Å². The number of benzene rings is 2. The summed E-state index contributed by atoms with van der Waals surface area (Å²) in [6, 6.07) is 13.0. The lowest BCUT2D eigenvalue weighted by molar-refractivity contribution is 0.0512. The van der Waals surface area contributed by atoms with Crippen LogP contribution >= 0.6 is 0 Å². The SMILES string of the molecule is Cc1cccc(C)c1-c1cc2nc(n1)NS(=O)(=O)c1cccc(c1)C(=O)N(CCN(C)C(=O)OC(C)C)[C@H](CC(C)C)CO2. The Bertz CT molecular complexity index is 1600. The summed E-state index contributed by atoms with van der Waals surface area (Å²) in [6.07, 6.45) is -0.200. The number of aromatic nitrogens is 2. The van der Waals surface area contributed by atoms with Gasteiger partial charge in [-0.3, -0.25) is 4.79 Å². The number of likely N-dealkylation sites (N-methyl/N-ethyl adjacent to an activating group) is 1. The second-order valence-corrected chi connectivity index (χ2v) is 13.4. The molecule has 0 radical (unpaired) electrons. The highest BCUT2D eigenvalue weighted by Gasteiger charge is 2.29. The second kappa shape index (κ2) is 13.6. The third-order valence-corrected chi connectivity index (χ3v) is 8.58. The minimum atomic E-state index is -4.17. The van der Waals surface area contributed by atoms with E-state index < -0.39 is 22.2 Å². The first-order valence-electron chi connectivity index (χ1n) is 14.7. The first-order valence-corrected chi connectivity index (χ1v) is 16.2. The van der Waals surface area contributed by atoms with E-state index in [1.54, 1.807) is 37.9 Å². The van der Waals surface area contributed by atoms with Crippen LogP contribution in [-0.2, 0) is 14.8 Å². The van der Waals surface area contributed by atoms with Crippen molar-refractivity contribution in [2.75, 3.05) is 31.5 Å². The Labute approximate surface area is 259 Å². The smallest absolute Gasteiger partial charge is 0.409 e. The summed E-state index contributed by atoms with van der Waals surface area (Å²) in [4.78, 5) is 38.5. The molecule has 0 aliphatic carbocycles. The van der Waals surface area contributed by atoms with Crippen LogP contribution in [0.15, 0.2) is 53.4 Å². The zero-order valence-electron chi connectivity index (χ0n) is 26.3. The van der Waals surface area contributed by atoms with Gasteiger partial charge in [0.1, 0.15) is 6.61 Å². The topological polar surface area (TPSA) is 131 Å². The van der Waals surface area contributed by atoms with Crippen LogP contribution in [0.4, 0.5) is 10.7 Å². The number of hydrogen-bond acceptors (Lipinski definition) is 8. The monoisotopic (exact) mass is 623 g/mol. The fraction of sp³-hybridized carbons (Fsp3) is 0.438. The fourth-order valence-corrected chi connectivity index (χ4v) is 6.12. The van der Waals surface area contributed by atoms with E-state index in [-0.39, 0.29) is 59.9 Å². The molecule has 2 amide bonds. The lowest BCUT2D eigenvalue weighted by atomic mass is 10.00. The van der Waals surface area contributed by atoms with Crippen molar-refractivity contribution in [2.45, 2.75) is 65.0 Å². The Morgan fingerprint density at radius 2 is 1.77 bits per heavy atom. The van der Waals surface area contributed by atoms with Gasteiger partial charge < -0.3 is 19.3 Å². The molecule has 1 N–H and O–H groups in total. The Hall–Kier alpha value is -4.19. The summed E-state index contributed by atoms with van der Waals surface area (Å²) in [7, 11) is -2.56. The summed E-state index contributed by atoms with van der Waals surface area (Å²) < 4.78 is 41.1. The van der Waals surface area contributed by atoms with Gasteiger partial charge in [0.05, 0.1) is 22.7 Å². The van der Waals surface area contributed by atoms with Gasteiger partial charge in [0.2, 0.25) is 11.8 Å². The normalized spacial score (nSPS) is 16.3. The van der Waals surface area contributed by atoms with Crippen molar-refractivity contribution in [1.29, 1.82) is 0 Å². The number of nitrogens with zero attached hydrogens (tertiary/aromatic N) is 4. The zero-order chi connectivity index (χ0) is 32.2. The summed E-state index contributed by atoms with van der Waals surface area (Å²) >= 11 is 0. The molecular formula is C32H41N5O6S. The molecule has 0 unspecified atom stereocenters. The maximum absolute atomic E-state index is 14.1. The van der Waals surface area contributed by atoms with Gasteiger partial charge in [-0.25, -0.2) is 22.9 Å². The molecule has 236 valence electrons. The van der Waals surface area contributed by atoms with Gasteiger partial charge in [-0.2, -0.15) is 4.98 Å². The Morgan fingerprint density at radius 3 is 2.43 bits per heavy atom. The number of carbonyl (C=O) groups excluding carboxylic acids is 2. The number of anilines is 1. The molecule has 0 fully saturated rings. The van der Waals surface area contributed by atoms with Gasteiger partial charge in [-0.15, -0.1) is 0 Å². The van der Waals surface area contributed by atoms with Crippen LogP contribution in [0.25, 0.3) is 11.3 Å². The maximum atomic E-state index is 14.1. The molecule has 4 rings (SSSR count). The summed E-state index contributed by atoms with van der Waals surface area (Å²) in [5.41, 5.74) is 3.47. The number of hydrogen-bond donors (Lipinski definition) is 1. The van der Waals surface area contributed by atoms with Crippen molar-refractivity contribution in [2.24, 2.45) is 5.92 Å². The van der Waals surface area contributed by atoms with Crippen LogP contribution in [0, 0.1) is 19.8 Å². The van der Waals surface area contributed by atoms with Crippen molar-refractivity contribution in [3.63, 3.8) is 0 Å². The molecule has 2 aromatic carbocycles. The summed E-state index contributed by atoms with van der Waals surface area (Å²) in [6.45, 7) is 12.0. The number of ether oxygens (including phenoxy) is 2. The van der Waals surface area contributed by atoms with E-state index in [0.29, 0.717) is 12.1 Å². The van der Waals surface area contributed by atoms with Crippen molar-refractivity contribution in [1.82, 2.24) is 19.8 Å². The summed E-state index contributed by atoms with van der Waals surface area (Å²) in [5, 5.41) is 0. The number of carbonyl (C=O) groups is 2. The van der Waals surface area contributed by atoms with Crippen LogP contribution in [0.1, 0.15) is 55.6 Å². The first kappa shape index (κ1) is 32.7. The predicted molar refractivity (Wildman–Crippen MR) is 168 cm³/mol. The zero-order valence-corrected chi connectivity index (χ0v) is 27.1. The van der Waals surface area contributed by atoms with Crippen LogP contribution in [0.3, 0.4) is 0 Å². The largest absolute Gasteiger partial charge is 0.475 e. The van der Waals surface area contributed by atoms with Crippen LogP contribution in [-0.4, -0.2) is 79.1 Å². The standard InChI is InChI=1S/C32H41N5O6S/c1-20(2)16-25-19-42-28-18-27(29-22(5)10-8-11-23(29)6)33-31(34-28)35-44(40,41)26-13-9-12-24(17-26)30(38)37(25)15-14-36(7)32(39)43-21(3)4/h8-13,17-18,20-21,25H,14-16,19H2,1-7H3,(H,33,34,35)/t25-/m1/s1. The van der Waals surface area contributed by atoms with Crippen molar-refractivity contribution < 1.29 is 27.5 Å². The van der Waals surface area contributed by atoms with Gasteiger partial charge >= 0.3 is 6.09 Å². The second-order valence-electron chi connectivity index (χ2n) is 11.8. The minimum absolute atomic E-state index is 0.0825. The highest BCUT2D eigenvalue weighted by Crippen LogP contribution is 2.30.